The predicted molar refractivity (Wildman–Crippen MR) is 111 cm³/mol. The fourth-order valence-electron chi connectivity index (χ4n) is 3.41. The van der Waals surface area contributed by atoms with Crippen molar-refractivity contribution < 1.29 is 17.9 Å². The summed E-state index contributed by atoms with van der Waals surface area (Å²) in [6, 6.07) is 10.5. The standard InChI is InChI=1S/C21H17BrF3N3O2/c1-13(27-9-11-30-12-10-27)14-4-6-15(7-5-14)16-3-2-8-28-19(16)26-18(21(23,24)25)17(22)20(28)29/h2-8H,1,9-12H2. The Kier molecular flexibility index (Phi) is 5.42. The average molecular weight is 480 g/mol. The van der Waals surface area contributed by atoms with Gasteiger partial charge in [0, 0.05) is 30.5 Å². The number of benzene rings is 1. The Morgan fingerprint density at radius 3 is 2.43 bits per heavy atom. The Bertz CT molecular complexity index is 1170. The number of aromatic nitrogens is 2. The molecule has 1 fully saturated rings. The van der Waals surface area contributed by atoms with Crippen LogP contribution >= 0.6 is 15.9 Å². The summed E-state index contributed by atoms with van der Waals surface area (Å²) in [4.78, 5) is 18.3. The van der Waals surface area contributed by atoms with Crippen molar-refractivity contribution in [1.82, 2.24) is 14.3 Å². The first-order valence-corrected chi connectivity index (χ1v) is 9.97. The van der Waals surface area contributed by atoms with Gasteiger partial charge in [0.2, 0.25) is 0 Å². The molecule has 1 aromatic carbocycles. The van der Waals surface area contributed by atoms with E-state index >= 15 is 0 Å². The SMILES string of the molecule is C=C(c1ccc(-c2cccn3c(=O)c(Br)c(C(F)(F)F)nc23)cc1)N1CCOCC1. The van der Waals surface area contributed by atoms with Crippen LogP contribution < -0.4 is 5.56 Å². The fraction of sp³-hybridized carbons (Fsp3) is 0.238. The van der Waals surface area contributed by atoms with Crippen molar-refractivity contribution in [2.24, 2.45) is 0 Å². The Hall–Kier alpha value is -2.65. The summed E-state index contributed by atoms with van der Waals surface area (Å²) in [5.74, 6) is 0. The molecule has 0 amide bonds. The largest absolute Gasteiger partial charge is 0.434 e. The zero-order valence-corrected chi connectivity index (χ0v) is 17.3. The molecule has 0 aliphatic carbocycles. The maximum absolute atomic E-state index is 13.3. The first kappa shape index (κ1) is 20.6. The summed E-state index contributed by atoms with van der Waals surface area (Å²) in [6.45, 7) is 6.94. The second-order valence-corrected chi connectivity index (χ2v) is 7.61. The van der Waals surface area contributed by atoms with Crippen molar-refractivity contribution >= 4 is 27.3 Å². The molecule has 156 valence electrons. The molecule has 0 atom stereocenters. The Balaban J connectivity index is 1.77. The van der Waals surface area contributed by atoms with Crippen LogP contribution in [0.5, 0.6) is 0 Å². The van der Waals surface area contributed by atoms with Gasteiger partial charge in [-0.05, 0) is 39.2 Å². The highest BCUT2D eigenvalue weighted by Crippen LogP contribution is 2.33. The molecule has 2 aromatic heterocycles. The minimum Gasteiger partial charge on any atom is -0.378 e. The van der Waals surface area contributed by atoms with Gasteiger partial charge in [-0.2, -0.15) is 13.2 Å². The van der Waals surface area contributed by atoms with Gasteiger partial charge in [0.15, 0.2) is 5.69 Å². The van der Waals surface area contributed by atoms with Gasteiger partial charge >= 0.3 is 6.18 Å². The molecule has 5 nitrogen and oxygen atoms in total. The molecular formula is C21H17BrF3N3O2. The maximum Gasteiger partial charge on any atom is 0.434 e. The zero-order valence-electron chi connectivity index (χ0n) is 15.7. The van der Waals surface area contributed by atoms with Gasteiger partial charge < -0.3 is 9.64 Å². The molecule has 0 unspecified atom stereocenters. The number of morpholine rings is 1. The number of hydrogen-bond donors (Lipinski definition) is 0. The van der Waals surface area contributed by atoms with E-state index in [1.807, 2.05) is 12.1 Å². The summed E-state index contributed by atoms with van der Waals surface area (Å²) >= 11 is 2.74. The van der Waals surface area contributed by atoms with E-state index in [9.17, 15) is 18.0 Å². The van der Waals surface area contributed by atoms with Crippen LogP contribution in [0.25, 0.3) is 22.5 Å². The van der Waals surface area contributed by atoms with E-state index in [4.69, 9.17) is 4.74 Å². The summed E-state index contributed by atoms with van der Waals surface area (Å²) in [5, 5.41) is 0. The first-order chi connectivity index (χ1) is 14.3. The van der Waals surface area contributed by atoms with Crippen molar-refractivity contribution in [3.63, 3.8) is 0 Å². The third-order valence-electron chi connectivity index (χ3n) is 4.99. The molecule has 1 saturated heterocycles. The van der Waals surface area contributed by atoms with Crippen molar-refractivity contribution in [2.75, 3.05) is 26.3 Å². The van der Waals surface area contributed by atoms with Crippen LogP contribution in [0.2, 0.25) is 0 Å². The second kappa shape index (κ2) is 7.88. The lowest BCUT2D eigenvalue weighted by molar-refractivity contribution is -0.141. The molecule has 0 N–H and O–H groups in total. The molecule has 0 saturated carbocycles. The van der Waals surface area contributed by atoms with E-state index in [2.05, 4.69) is 32.4 Å². The summed E-state index contributed by atoms with van der Waals surface area (Å²) in [7, 11) is 0. The van der Waals surface area contributed by atoms with E-state index < -0.39 is 21.9 Å². The van der Waals surface area contributed by atoms with Gasteiger partial charge in [-0.1, -0.05) is 30.8 Å². The molecule has 1 aliphatic rings. The summed E-state index contributed by atoms with van der Waals surface area (Å²) in [5.41, 5.74) is 0.733. The first-order valence-electron chi connectivity index (χ1n) is 9.18. The van der Waals surface area contributed by atoms with Gasteiger partial charge in [0.1, 0.15) is 10.1 Å². The van der Waals surface area contributed by atoms with Crippen LogP contribution in [0.1, 0.15) is 11.3 Å². The topological polar surface area (TPSA) is 46.8 Å². The molecule has 30 heavy (non-hydrogen) atoms. The number of fused-ring (bicyclic) bond motifs is 1. The monoisotopic (exact) mass is 479 g/mol. The average Bonchev–Trinajstić information content (AvgIpc) is 2.75. The van der Waals surface area contributed by atoms with Crippen molar-refractivity contribution in [3.8, 4) is 11.1 Å². The van der Waals surface area contributed by atoms with Crippen LogP contribution in [0, 0.1) is 0 Å². The number of halogens is 4. The highest BCUT2D eigenvalue weighted by Gasteiger charge is 2.37. The molecule has 0 bridgehead atoms. The van der Waals surface area contributed by atoms with Crippen LogP contribution in [-0.2, 0) is 10.9 Å². The minimum atomic E-state index is -4.75. The second-order valence-electron chi connectivity index (χ2n) is 6.82. The minimum absolute atomic E-state index is 0.0576. The van der Waals surface area contributed by atoms with E-state index in [1.165, 1.54) is 6.20 Å². The molecule has 3 aromatic rings. The number of alkyl halides is 3. The van der Waals surface area contributed by atoms with Crippen LogP contribution in [0.15, 0.2) is 58.4 Å². The molecule has 3 heterocycles. The van der Waals surface area contributed by atoms with Crippen molar-refractivity contribution in [1.29, 1.82) is 0 Å². The van der Waals surface area contributed by atoms with Gasteiger partial charge in [-0.15, -0.1) is 0 Å². The summed E-state index contributed by atoms with van der Waals surface area (Å²) in [6.07, 6.45) is -3.35. The van der Waals surface area contributed by atoms with Crippen molar-refractivity contribution in [2.45, 2.75) is 6.18 Å². The number of hydrogen-bond acceptors (Lipinski definition) is 4. The molecule has 4 rings (SSSR count). The summed E-state index contributed by atoms with van der Waals surface area (Å²) < 4.78 is 45.9. The van der Waals surface area contributed by atoms with Crippen LogP contribution in [0.3, 0.4) is 0 Å². The molecule has 9 heteroatoms. The zero-order chi connectivity index (χ0) is 21.5. The van der Waals surface area contributed by atoms with E-state index in [0.29, 0.717) is 24.3 Å². The Morgan fingerprint density at radius 2 is 1.80 bits per heavy atom. The fourth-order valence-corrected chi connectivity index (χ4v) is 3.92. The molecule has 0 radical (unpaired) electrons. The third-order valence-corrected chi connectivity index (χ3v) is 5.70. The molecule has 0 spiro atoms. The Morgan fingerprint density at radius 1 is 1.13 bits per heavy atom. The highest BCUT2D eigenvalue weighted by atomic mass is 79.9. The molecule has 1 aliphatic heterocycles. The normalized spacial score (nSPS) is 14.9. The maximum atomic E-state index is 13.3. The van der Waals surface area contributed by atoms with E-state index in [-0.39, 0.29) is 5.65 Å². The lowest BCUT2D eigenvalue weighted by atomic mass is 10.0. The van der Waals surface area contributed by atoms with Crippen LogP contribution in [0.4, 0.5) is 13.2 Å². The highest BCUT2D eigenvalue weighted by molar-refractivity contribution is 9.10. The van der Waals surface area contributed by atoms with E-state index in [1.54, 1.807) is 24.3 Å². The number of ether oxygens (including phenoxy) is 1. The smallest absolute Gasteiger partial charge is 0.378 e. The Labute approximate surface area is 178 Å². The van der Waals surface area contributed by atoms with Gasteiger partial charge in [-0.25, -0.2) is 4.98 Å². The van der Waals surface area contributed by atoms with Gasteiger partial charge in [-0.3, -0.25) is 9.20 Å². The third kappa shape index (κ3) is 3.75. The van der Waals surface area contributed by atoms with Crippen molar-refractivity contribution in [3.05, 3.63) is 75.3 Å². The number of rotatable bonds is 3. The molecular weight excluding hydrogens is 463 g/mol. The predicted octanol–water partition coefficient (Wildman–Crippen LogP) is 4.45. The van der Waals surface area contributed by atoms with Gasteiger partial charge in [0.25, 0.3) is 5.56 Å². The number of nitrogens with zero attached hydrogens (tertiary/aromatic N) is 3. The quantitative estimate of drug-likeness (QED) is 0.556. The van der Waals surface area contributed by atoms with Gasteiger partial charge in [0.05, 0.1) is 13.2 Å². The number of pyridine rings is 1. The van der Waals surface area contributed by atoms with Crippen LogP contribution in [-0.4, -0.2) is 40.6 Å². The lowest BCUT2D eigenvalue weighted by Crippen LogP contribution is -2.34. The van der Waals surface area contributed by atoms with E-state index in [0.717, 1.165) is 28.8 Å². The lowest BCUT2D eigenvalue weighted by Gasteiger charge is -2.30.